The number of aryl methyl sites for hydroxylation is 1. The minimum Gasteiger partial charge on any atom is -0.497 e. The molecule has 0 unspecified atom stereocenters. The fraction of sp³-hybridized carbons (Fsp3) is 0.474. The lowest BCUT2D eigenvalue weighted by atomic mass is 10.0. The van der Waals surface area contributed by atoms with E-state index in [1.54, 1.807) is 27.9 Å². The maximum Gasteiger partial charge on any atom is 0.235 e. The van der Waals surface area contributed by atoms with Crippen LogP contribution < -0.4 is 14.5 Å². The zero-order valence-corrected chi connectivity index (χ0v) is 16.8. The predicted octanol–water partition coefficient (Wildman–Crippen LogP) is -0.430. The van der Waals surface area contributed by atoms with Crippen LogP contribution >= 0.6 is 11.3 Å². The van der Waals surface area contributed by atoms with Gasteiger partial charge < -0.3 is 19.6 Å². The summed E-state index contributed by atoms with van der Waals surface area (Å²) >= 11 is 1.54. The topological polar surface area (TPSA) is 68.5 Å². The molecule has 1 aliphatic heterocycles. The lowest BCUT2D eigenvalue weighted by Gasteiger charge is -2.33. The Kier molecular flexibility index (Phi) is 5.03. The first-order valence-electron chi connectivity index (χ1n) is 9.47. The van der Waals surface area contributed by atoms with E-state index in [0.29, 0.717) is 0 Å². The molecule has 1 saturated heterocycles. The SMILES string of the molecule is CCc1nc2sc([C@@H](c3cccc(OC)c3)[NH+]3CC[NH+](C)CC3)c(O)n2n1. The number of hydrogen-bond acceptors (Lipinski definition) is 5. The van der Waals surface area contributed by atoms with Crippen molar-refractivity contribution in [3.8, 4) is 11.6 Å². The molecule has 3 N–H and O–H groups in total. The highest BCUT2D eigenvalue weighted by molar-refractivity contribution is 7.17. The zero-order chi connectivity index (χ0) is 19.0. The van der Waals surface area contributed by atoms with Gasteiger partial charge in [0.2, 0.25) is 10.8 Å². The van der Waals surface area contributed by atoms with Gasteiger partial charge in [-0.1, -0.05) is 30.4 Å². The van der Waals surface area contributed by atoms with Crippen molar-refractivity contribution in [1.82, 2.24) is 14.6 Å². The number of quaternary nitrogens is 2. The van der Waals surface area contributed by atoms with Crippen LogP contribution in [0.3, 0.4) is 0 Å². The molecule has 1 aliphatic rings. The summed E-state index contributed by atoms with van der Waals surface area (Å²) in [6.07, 6.45) is 0.759. The lowest BCUT2D eigenvalue weighted by molar-refractivity contribution is -1.02. The maximum absolute atomic E-state index is 11.0. The maximum atomic E-state index is 11.0. The van der Waals surface area contributed by atoms with Crippen LogP contribution in [-0.4, -0.2) is 60.0 Å². The van der Waals surface area contributed by atoms with Crippen molar-refractivity contribution < 1.29 is 19.6 Å². The van der Waals surface area contributed by atoms with Gasteiger partial charge in [-0.25, -0.2) is 4.98 Å². The summed E-state index contributed by atoms with van der Waals surface area (Å²) in [4.78, 5) is 9.25. The Morgan fingerprint density at radius 1 is 1.30 bits per heavy atom. The molecule has 0 amide bonds. The van der Waals surface area contributed by atoms with Crippen LogP contribution in [0, 0.1) is 0 Å². The van der Waals surface area contributed by atoms with Crippen molar-refractivity contribution in [2.45, 2.75) is 19.4 Å². The quantitative estimate of drug-likeness (QED) is 0.554. The Balaban J connectivity index is 1.79. The Morgan fingerprint density at radius 2 is 2.07 bits per heavy atom. The van der Waals surface area contributed by atoms with Crippen molar-refractivity contribution in [3.05, 3.63) is 40.5 Å². The van der Waals surface area contributed by atoms with E-state index >= 15 is 0 Å². The lowest BCUT2D eigenvalue weighted by Crippen LogP contribution is -3.27. The number of likely N-dealkylation sites (N-methyl/N-ethyl adjacent to an activating group) is 1. The highest BCUT2D eigenvalue weighted by Gasteiger charge is 2.35. The number of nitrogens with zero attached hydrogens (tertiary/aromatic N) is 3. The average Bonchev–Trinajstić information content (AvgIpc) is 3.23. The number of thiazole rings is 1. The van der Waals surface area contributed by atoms with Gasteiger partial charge in [-0.15, -0.1) is 5.10 Å². The molecular weight excluding hydrogens is 362 g/mol. The molecule has 0 aliphatic carbocycles. The van der Waals surface area contributed by atoms with E-state index in [9.17, 15) is 5.11 Å². The minimum absolute atomic E-state index is 0.0479. The van der Waals surface area contributed by atoms with Gasteiger partial charge in [-0.05, 0) is 12.1 Å². The molecule has 3 heterocycles. The van der Waals surface area contributed by atoms with E-state index in [2.05, 4.69) is 29.3 Å². The second-order valence-corrected chi connectivity index (χ2v) is 8.20. The summed E-state index contributed by atoms with van der Waals surface area (Å²) in [5.41, 5.74) is 1.15. The number of methoxy groups -OCH3 is 1. The third-order valence-electron chi connectivity index (χ3n) is 5.40. The summed E-state index contributed by atoms with van der Waals surface area (Å²) < 4.78 is 7.04. The minimum atomic E-state index is 0.0479. The van der Waals surface area contributed by atoms with Crippen LogP contribution in [0.25, 0.3) is 4.96 Å². The smallest absolute Gasteiger partial charge is 0.235 e. The highest BCUT2D eigenvalue weighted by Crippen LogP contribution is 2.35. The van der Waals surface area contributed by atoms with Gasteiger partial charge in [-0.3, -0.25) is 0 Å². The van der Waals surface area contributed by atoms with Crippen LogP contribution in [0.5, 0.6) is 11.6 Å². The second kappa shape index (κ2) is 7.46. The molecule has 0 bridgehead atoms. The zero-order valence-electron chi connectivity index (χ0n) is 16.0. The number of nitrogens with one attached hydrogen (secondary N) is 2. The van der Waals surface area contributed by atoms with Gasteiger partial charge in [0.1, 0.15) is 36.8 Å². The number of piperazine rings is 1. The van der Waals surface area contributed by atoms with E-state index in [1.807, 2.05) is 19.1 Å². The number of fused-ring (bicyclic) bond motifs is 1. The largest absolute Gasteiger partial charge is 0.497 e. The number of benzene rings is 1. The second-order valence-electron chi connectivity index (χ2n) is 7.19. The Labute approximate surface area is 162 Å². The van der Waals surface area contributed by atoms with Gasteiger partial charge in [0.05, 0.1) is 14.2 Å². The molecule has 3 aromatic rings. The van der Waals surface area contributed by atoms with Gasteiger partial charge in [0.25, 0.3) is 0 Å². The summed E-state index contributed by atoms with van der Waals surface area (Å²) in [5.74, 6) is 1.81. The van der Waals surface area contributed by atoms with Crippen molar-refractivity contribution in [3.63, 3.8) is 0 Å². The molecule has 1 aromatic carbocycles. The molecular formula is C19H27N5O2S+2. The number of aromatic hydroxyl groups is 1. The molecule has 7 nitrogen and oxygen atoms in total. The number of hydrogen-bond donors (Lipinski definition) is 3. The molecule has 2 aromatic heterocycles. The third kappa shape index (κ3) is 3.40. The number of aromatic nitrogens is 3. The van der Waals surface area contributed by atoms with E-state index in [-0.39, 0.29) is 11.9 Å². The van der Waals surface area contributed by atoms with Crippen LogP contribution in [0.1, 0.15) is 29.2 Å². The van der Waals surface area contributed by atoms with Crippen LogP contribution in [0.4, 0.5) is 0 Å². The van der Waals surface area contributed by atoms with Crippen molar-refractivity contribution >= 4 is 16.3 Å². The van der Waals surface area contributed by atoms with Crippen LogP contribution in [0.15, 0.2) is 24.3 Å². The molecule has 1 atom stereocenters. The predicted molar refractivity (Wildman–Crippen MR) is 104 cm³/mol. The Hall–Kier alpha value is -2.16. The molecule has 4 rings (SSSR count). The summed E-state index contributed by atoms with van der Waals surface area (Å²) in [6, 6.07) is 8.23. The van der Waals surface area contributed by atoms with Gasteiger partial charge in [-0.2, -0.15) is 4.52 Å². The monoisotopic (exact) mass is 389 g/mol. The summed E-state index contributed by atoms with van der Waals surface area (Å²) in [5, 5.41) is 15.4. The molecule has 1 fully saturated rings. The van der Waals surface area contributed by atoms with Crippen LogP contribution in [-0.2, 0) is 6.42 Å². The van der Waals surface area contributed by atoms with Crippen molar-refractivity contribution in [2.75, 3.05) is 40.3 Å². The average molecular weight is 390 g/mol. The molecule has 27 heavy (non-hydrogen) atoms. The fourth-order valence-electron chi connectivity index (χ4n) is 3.81. The standard InChI is InChI=1S/C19H25N5O2S/c1-4-15-20-19-24(21-15)18(25)17(27-19)16(23-10-8-22(2)9-11-23)13-6-5-7-14(12-13)26-3/h5-7,12,16,25H,4,8-11H2,1-3H3/p+2/t16-/m1/s1. The third-order valence-corrected chi connectivity index (χ3v) is 6.49. The molecule has 0 radical (unpaired) electrons. The van der Waals surface area contributed by atoms with E-state index in [0.717, 1.165) is 59.6 Å². The Morgan fingerprint density at radius 3 is 2.74 bits per heavy atom. The normalized spacial score (nSPS) is 21.4. The molecule has 144 valence electrons. The van der Waals surface area contributed by atoms with Gasteiger partial charge >= 0.3 is 0 Å². The first-order valence-corrected chi connectivity index (χ1v) is 10.3. The summed E-state index contributed by atoms with van der Waals surface area (Å²) in [7, 11) is 3.93. The first kappa shape index (κ1) is 18.2. The highest BCUT2D eigenvalue weighted by atomic mass is 32.1. The van der Waals surface area contributed by atoms with Gasteiger partial charge in [0.15, 0.2) is 11.9 Å². The molecule has 0 spiro atoms. The van der Waals surface area contributed by atoms with E-state index < -0.39 is 0 Å². The number of rotatable bonds is 5. The first-order chi connectivity index (χ1) is 13.1. The Bertz CT molecular complexity index is 929. The fourth-order valence-corrected chi connectivity index (χ4v) is 4.97. The number of ether oxygens (including phenoxy) is 1. The van der Waals surface area contributed by atoms with Crippen molar-refractivity contribution in [1.29, 1.82) is 0 Å². The van der Waals surface area contributed by atoms with E-state index in [4.69, 9.17) is 4.74 Å². The molecule has 8 heteroatoms. The molecule has 0 saturated carbocycles. The van der Waals surface area contributed by atoms with Crippen LogP contribution in [0.2, 0.25) is 0 Å². The summed E-state index contributed by atoms with van der Waals surface area (Å²) in [6.45, 7) is 6.38. The van der Waals surface area contributed by atoms with Gasteiger partial charge in [0, 0.05) is 12.0 Å². The van der Waals surface area contributed by atoms with E-state index in [1.165, 1.54) is 4.90 Å². The van der Waals surface area contributed by atoms with Crippen molar-refractivity contribution in [2.24, 2.45) is 0 Å².